The van der Waals surface area contributed by atoms with Crippen molar-refractivity contribution in [1.29, 1.82) is 0 Å². The van der Waals surface area contributed by atoms with Crippen LogP contribution in [0.5, 0.6) is 0 Å². The van der Waals surface area contributed by atoms with Gasteiger partial charge in [0.1, 0.15) is 0 Å². The summed E-state index contributed by atoms with van der Waals surface area (Å²) in [7, 11) is 0. The fourth-order valence-corrected chi connectivity index (χ4v) is 2.71. The van der Waals surface area contributed by atoms with Crippen molar-refractivity contribution in [3.8, 4) is 0 Å². The summed E-state index contributed by atoms with van der Waals surface area (Å²) >= 11 is 2.39. The predicted molar refractivity (Wildman–Crippen MR) is 53.2 cm³/mol. The molecule has 0 amide bonds. The minimum absolute atomic E-state index is 0.395. The van der Waals surface area contributed by atoms with Gasteiger partial charge in [0.25, 0.3) is 0 Å². The summed E-state index contributed by atoms with van der Waals surface area (Å²) < 4.78 is 2.35. The topological polar surface area (TPSA) is 15.3 Å². The standard InChI is InChI=1S/C11H15N2.Pt/c1-9-5-2-3-6-10(9)11-12-7-4-8-13-11;/h2-3,5-6,11-12H,4,7-8H2,1H3;/q-1;+1. The minimum atomic E-state index is 0.395. The molecule has 1 saturated heterocycles. The van der Waals surface area contributed by atoms with Gasteiger partial charge in [-0.25, -0.2) is 0 Å². The van der Waals surface area contributed by atoms with E-state index >= 15 is 0 Å². The van der Waals surface area contributed by atoms with E-state index in [0.717, 1.165) is 6.54 Å². The fourth-order valence-electron chi connectivity index (χ4n) is 1.83. The molecule has 1 atom stereocenters. The summed E-state index contributed by atoms with van der Waals surface area (Å²) in [6.45, 7) is 4.47. The summed E-state index contributed by atoms with van der Waals surface area (Å²) in [6.07, 6.45) is 1.64. The molecule has 14 heavy (non-hydrogen) atoms. The third-order valence-electron chi connectivity index (χ3n) is 2.62. The van der Waals surface area contributed by atoms with Crippen molar-refractivity contribution in [3.63, 3.8) is 0 Å². The second kappa shape index (κ2) is 4.57. The van der Waals surface area contributed by atoms with E-state index < -0.39 is 0 Å². The van der Waals surface area contributed by atoms with Crippen molar-refractivity contribution in [3.05, 3.63) is 35.4 Å². The molecule has 0 radical (unpaired) electrons. The van der Waals surface area contributed by atoms with Crippen LogP contribution in [0.2, 0.25) is 0 Å². The van der Waals surface area contributed by atoms with Crippen LogP contribution in [0.25, 0.3) is 0 Å². The number of aryl methyl sites for hydroxylation is 1. The first-order valence-corrected chi connectivity index (χ1v) is 5.99. The Hall–Kier alpha value is -0.172. The van der Waals surface area contributed by atoms with Gasteiger partial charge in [-0.3, -0.25) is 0 Å². The molecule has 0 bridgehead atoms. The van der Waals surface area contributed by atoms with Gasteiger partial charge in [-0.2, -0.15) is 0 Å². The van der Waals surface area contributed by atoms with Gasteiger partial charge in [0, 0.05) is 0 Å². The van der Waals surface area contributed by atoms with E-state index in [1.165, 1.54) is 24.1 Å². The summed E-state index contributed by atoms with van der Waals surface area (Å²) in [5.74, 6) is 0. The molecular weight excluding hydrogens is 355 g/mol. The summed E-state index contributed by atoms with van der Waals surface area (Å²) in [6, 6.07) is 8.60. The second-order valence-corrected chi connectivity index (χ2v) is 4.96. The Morgan fingerprint density at radius 3 is 2.93 bits per heavy atom. The molecule has 2 nitrogen and oxygen atoms in total. The summed E-state index contributed by atoms with van der Waals surface area (Å²) in [4.78, 5) is 0. The van der Waals surface area contributed by atoms with Crippen molar-refractivity contribution < 1.29 is 20.1 Å². The molecular formula is C11H15N2Pt. The maximum atomic E-state index is 3.54. The molecule has 0 aliphatic carbocycles. The zero-order valence-corrected chi connectivity index (χ0v) is 10.5. The van der Waals surface area contributed by atoms with Gasteiger partial charge in [-0.1, -0.05) is 0 Å². The Labute approximate surface area is 96.9 Å². The van der Waals surface area contributed by atoms with Gasteiger partial charge in [0.05, 0.1) is 0 Å². The molecule has 1 fully saturated rings. The van der Waals surface area contributed by atoms with E-state index in [4.69, 9.17) is 0 Å². The van der Waals surface area contributed by atoms with Gasteiger partial charge in [-0.05, 0) is 0 Å². The SMILES string of the molecule is Cc1ccccc1C1NCCC[N]1[Pt]. The van der Waals surface area contributed by atoms with Gasteiger partial charge < -0.3 is 0 Å². The van der Waals surface area contributed by atoms with Crippen LogP contribution in [0.4, 0.5) is 0 Å². The molecule has 0 aromatic heterocycles. The first kappa shape index (κ1) is 10.3. The first-order valence-electron chi connectivity index (χ1n) is 4.97. The third-order valence-corrected chi connectivity index (χ3v) is 3.71. The van der Waals surface area contributed by atoms with Crippen LogP contribution >= 0.6 is 0 Å². The number of benzene rings is 1. The summed E-state index contributed by atoms with van der Waals surface area (Å²) in [5, 5.41) is 3.54. The van der Waals surface area contributed by atoms with Crippen LogP contribution < -0.4 is 5.32 Å². The van der Waals surface area contributed by atoms with Crippen molar-refractivity contribution in [2.45, 2.75) is 19.5 Å². The molecule has 3 heteroatoms. The quantitative estimate of drug-likeness (QED) is 0.811. The third kappa shape index (κ3) is 2.08. The molecule has 1 aliphatic rings. The predicted octanol–water partition coefficient (Wildman–Crippen LogP) is 1.75. The van der Waals surface area contributed by atoms with Crippen molar-refractivity contribution >= 4 is 0 Å². The van der Waals surface area contributed by atoms with Crippen LogP contribution in [0.3, 0.4) is 0 Å². The first-order chi connectivity index (χ1) is 6.79. The van der Waals surface area contributed by atoms with E-state index in [2.05, 4.69) is 60.0 Å². The van der Waals surface area contributed by atoms with Gasteiger partial charge >= 0.3 is 96.8 Å². The zero-order valence-electron chi connectivity index (χ0n) is 8.27. The van der Waals surface area contributed by atoms with Crippen LogP contribution in [0.1, 0.15) is 23.7 Å². The molecule has 1 unspecified atom stereocenters. The fraction of sp³-hybridized carbons (Fsp3) is 0.455. The number of nitrogens with one attached hydrogen (secondary N) is 1. The Bertz CT molecular complexity index is 314. The Balaban J connectivity index is 2.25. The normalized spacial score (nSPS) is 23.8. The molecule has 1 aromatic carbocycles. The Morgan fingerprint density at radius 1 is 1.43 bits per heavy atom. The Morgan fingerprint density at radius 2 is 2.21 bits per heavy atom. The Kier molecular flexibility index (Phi) is 3.37. The molecule has 1 N–H and O–H groups in total. The monoisotopic (exact) mass is 370 g/mol. The number of hydrogen-bond donors (Lipinski definition) is 1. The zero-order chi connectivity index (χ0) is 9.97. The molecule has 0 spiro atoms. The number of hydrogen-bond acceptors (Lipinski definition) is 2. The number of rotatable bonds is 1. The second-order valence-electron chi connectivity index (χ2n) is 3.65. The van der Waals surface area contributed by atoms with Crippen molar-refractivity contribution in [2.75, 3.05) is 13.1 Å². The molecule has 1 heterocycles. The van der Waals surface area contributed by atoms with E-state index in [-0.39, 0.29) is 0 Å². The molecule has 2 rings (SSSR count). The van der Waals surface area contributed by atoms with Crippen LogP contribution in [-0.2, 0) is 20.1 Å². The van der Waals surface area contributed by atoms with E-state index in [1.54, 1.807) is 0 Å². The molecule has 79 valence electrons. The maximum absolute atomic E-state index is 3.54. The van der Waals surface area contributed by atoms with E-state index in [0.29, 0.717) is 6.17 Å². The van der Waals surface area contributed by atoms with Crippen LogP contribution in [-0.4, -0.2) is 16.5 Å². The average Bonchev–Trinajstić information content (AvgIpc) is 2.20. The molecule has 1 aromatic rings. The number of nitrogens with zero attached hydrogens (tertiary/aromatic N) is 1. The van der Waals surface area contributed by atoms with Crippen LogP contribution in [0.15, 0.2) is 24.3 Å². The van der Waals surface area contributed by atoms with Crippen LogP contribution in [0, 0.1) is 6.92 Å². The van der Waals surface area contributed by atoms with Gasteiger partial charge in [0.15, 0.2) is 0 Å². The van der Waals surface area contributed by atoms with Gasteiger partial charge in [-0.15, -0.1) is 0 Å². The summed E-state index contributed by atoms with van der Waals surface area (Å²) in [5.41, 5.74) is 2.77. The van der Waals surface area contributed by atoms with Crippen molar-refractivity contribution in [2.24, 2.45) is 0 Å². The average molecular weight is 370 g/mol. The van der Waals surface area contributed by atoms with E-state index in [9.17, 15) is 0 Å². The van der Waals surface area contributed by atoms with Gasteiger partial charge in [0.2, 0.25) is 0 Å². The van der Waals surface area contributed by atoms with E-state index in [1.807, 2.05) is 0 Å². The molecule has 0 saturated carbocycles. The molecule has 1 aliphatic heterocycles. The van der Waals surface area contributed by atoms with Crippen molar-refractivity contribution in [1.82, 2.24) is 8.78 Å².